The summed E-state index contributed by atoms with van der Waals surface area (Å²) in [5.41, 5.74) is 1.14. The summed E-state index contributed by atoms with van der Waals surface area (Å²) in [6.07, 6.45) is 14.2. The normalized spacial score (nSPS) is 25.8. The minimum Gasteiger partial charge on any atom is -0.462 e. The van der Waals surface area contributed by atoms with Crippen molar-refractivity contribution in [1.82, 2.24) is 0 Å². The summed E-state index contributed by atoms with van der Waals surface area (Å²) in [5, 5.41) is 39.2. The summed E-state index contributed by atoms with van der Waals surface area (Å²) >= 11 is 0. The molecule has 2 rings (SSSR count). The van der Waals surface area contributed by atoms with E-state index >= 15 is 0 Å². The summed E-state index contributed by atoms with van der Waals surface area (Å²) in [6, 6.07) is 7.59. The average molecular weight is 463 g/mol. The van der Waals surface area contributed by atoms with Crippen molar-refractivity contribution in [2.75, 3.05) is 6.61 Å². The van der Waals surface area contributed by atoms with Crippen LogP contribution in [0.2, 0.25) is 0 Å². The molecule has 1 aromatic rings. The van der Waals surface area contributed by atoms with E-state index in [0.29, 0.717) is 5.75 Å². The monoisotopic (exact) mass is 462 g/mol. The van der Waals surface area contributed by atoms with E-state index in [1.54, 1.807) is 6.07 Å². The molecule has 0 saturated carbocycles. The fourth-order valence-corrected chi connectivity index (χ4v) is 3.87. The van der Waals surface area contributed by atoms with E-state index in [-0.39, 0.29) is 0 Å². The quantitative estimate of drug-likeness (QED) is 0.232. The van der Waals surface area contributed by atoms with Crippen LogP contribution in [0.3, 0.4) is 0 Å². The number of unbranched alkanes of at least 4 members (excludes halogenated alkanes) is 6. The van der Waals surface area contributed by atoms with Crippen LogP contribution in [0.15, 0.2) is 48.6 Å². The zero-order chi connectivity index (χ0) is 23.9. The van der Waals surface area contributed by atoms with E-state index in [2.05, 4.69) is 31.2 Å². The van der Waals surface area contributed by atoms with Gasteiger partial charge in [0.15, 0.2) is 0 Å². The number of aliphatic hydroxyl groups excluding tert-OH is 4. The number of ether oxygens (including phenoxy) is 2. The van der Waals surface area contributed by atoms with Crippen LogP contribution >= 0.6 is 0 Å². The maximum atomic E-state index is 10.1. The smallest absolute Gasteiger partial charge is 0.229 e. The number of hydrogen-bond donors (Lipinski definition) is 4. The molecule has 1 saturated heterocycles. The summed E-state index contributed by atoms with van der Waals surface area (Å²) in [7, 11) is 0. The zero-order valence-corrected chi connectivity index (χ0v) is 19.9. The highest BCUT2D eigenvalue weighted by molar-refractivity contribution is 5.28. The van der Waals surface area contributed by atoms with Crippen LogP contribution in [0.1, 0.15) is 70.3 Å². The third-order valence-electron chi connectivity index (χ3n) is 5.90. The molecule has 1 heterocycles. The van der Waals surface area contributed by atoms with E-state index in [4.69, 9.17) is 9.47 Å². The van der Waals surface area contributed by atoms with Gasteiger partial charge in [-0.2, -0.15) is 0 Å². The van der Waals surface area contributed by atoms with Gasteiger partial charge in [0.2, 0.25) is 6.29 Å². The third kappa shape index (κ3) is 9.98. The van der Waals surface area contributed by atoms with Gasteiger partial charge < -0.3 is 29.9 Å². The van der Waals surface area contributed by atoms with Crippen molar-refractivity contribution in [2.45, 2.75) is 102 Å². The molecule has 4 N–H and O–H groups in total. The molecule has 1 aliphatic heterocycles. The van der Waals surface area contributed by atoms with Gasteiger partial charge in [0.25, 0.3) is 0 Å². The number of allylic oxidation sites excluding steroid dienone is 4. The van der Waals surface area contributed by atoms with Crippen molar-refractivity contribution < 1.29 is 29.9 Å². The second kappa shape index (κ2) is 16.0. The molecule has 0 radical (unpaired) electrons. The Morgan fingerprint density at radius 2 is 1.61 bits per heavy atom. The Kier molecular flexibility index (Phi) is 13.4. The van der Waals surface area contributed by atoms with Gasteiger partial charge in [-0.05, 0) is 56.2 Å². The summed E-state index contributed by atoms with van der Waals surface area (Å²) in [5.74, 6) is 0.521. The average Bonchev–Trinajstić information content (AvgIpc) is 2.82. The van der Waals surface area contributed by atoms with E-state index in [0.717, 1.165) is 31.2 Å². The maximum Gasteiger partial charge on any atom is 0.229 e. The largest absolute Gasteiger partial charge is 0.462 e. The third-order valence-corrected chi connectivity index (χ3v) is 5.90. The van der Waals surface area contributed by atoms with E-state index in [1.807, 2.05) is 18.2 Å². The molecule has 1 aromatic carbocycles. The molecule has 0 spiro atoms. The van der Waals surface area contributed by atoms with Gasteiger partial charge in [-0.1, -0.05) is 69.0 Å². The molecule has 33 heavy (non-hydrogen) atoms. The summed E-state index contributed by atoms with van der Waals surface area (Å²) in [6.45, 7) is 1.72. The minimum atomic E-state index is -1.44. The Hall–Kier alpha value is -1.70. The number of benzene rings is 1. The highest BCUT2D eigenvalue weighted by Crippen LogP contribution is 2.25. The van der Waals surface area contributed by atoms with Crippen LogP contribution < -0.4 is 4.74 Å². The van der Waals surface area contributed by atoms with E-state index < -0.39 is 37.3 Å². The minimum absolute atomic E-state index is 0.475. The predicted molar refractivity (Wildman–Crippen MR) is 130 cm³/mol. The first-order valence-corrected chi connectivity index (χ1v) is 12.4. The highest BCUT2D eigenvalue weighted by Gasteiger charge is 2.44. The van der Waals surface area contributed by atoms with E-state index in [9.17, 15) is 20.4 Å². The topological polar surface area (TPSA) is 99.4 Å². The van der Waals surface area contributed by atoms with E-state index in [1.165, 1.54) is 38.5 Å². The first-order valence-electron chi connectivity index (χ1n) is 12.4. The molecule has 0 aromatic heterocycles. The van der Waals surface area contributed by atoms with Crippen molar-refractivity contribution in [3.05, 3.63) is 54.1 Å². The van der Waals surface area contributed by atoms with Crippen LogP contribution in [0.5, 0.6) is 5.75 Å². The van der Waals surface area contributed by atoms with Crippen LogP contribution in [-0.2, 0) is 11.2 Å². The molecule has 5 atom stereocenters. The SMILES string of the molecule is CCC/C=C\C/C=C\CCCCCCCc1cccc(O[C@@H]2OC(CO)[C@@H](O)[C@H](O)C2O)c1. The Labute approximate surface area is 198 Å². The second-order valence-corrected chi connectivity index (χ2v) is 8.74. The Morgan fingerprint density at radius 1 is 0.879 bits per heavy atom. The fraction of sp³-hybridized carbons (Fsp3) is 0.630. The Bertz CT molecular complexity index is 702. The second-order valence-electron chi connectivity index (χ2n) is 8.74. The molecule has 6 nitrogen and oxygen atoms in total. The van der Waals surface area contributed by atoms with Crippen LogP contribution in [0, 0.1) is 0 Å². The van der Waals surface area contributed by atoms with Gasteiger partial charge in [0.1, 0.15) is 30.2 Å². The lowest BCUT2D eigenvalue weighted by molar-refractivity contribution is -0.277. The molecule has 1 fully saturated rings. The number of rotatable bonds is 15. The Morgan fingerprint density at radius 3 is 2.36 bits per heavy atom. The van der Waals surface area contributed by atoms with Crippen molar-refractivity contribution in [3.8, 4) is 5.75 Å². The molecular weight excluding hydrogens is 420 g/mol. The number of aliphatic hydroxyl groups is 4. The Balaban J connectivity index is 1.63. The van der Waals surface area contributed by atoms with Gasteiger partial charge in [0, 0.05) is 0 Å². The summed E-state index contributed by atoms with van der Waals surface area (Å²) in [4.78, 5) is 0. The van der Waals surface area contributed by atoms with Gasteiger partial charge in [-0.25, -0.2) is 0 Å². The molecule has 0 amide bonds. The van der Waals surface area contributed by atoms with Crippen molar-refractivity contribution in [3.63, 3.8) is 0 Å². The lowest BCUT2D eigenvalue weighted by Gasteiger charge is -2.39. The standard InChI is InChI=1S/C27H42O6/c1-2-3-4-5-6-7-8-9-10-11-12-13-14-16-21-17-15-18-22(19-21)32-27-26(31)25(30)24(29)23(20-28)33-27/h4-5,7-8,15,17-19,23-31H,2-3,6,9-14,16,20H2,1H3/b5-4-,8-7-/t23?,24-,25+,26?,27-/m1/s1. The molecule has 0 aliphatic carbocycles. The fourth-order valence-electron chi connectivity index (χ4n) is 3.87. The van der Waals surface area contributed by atoms with Gasteiger partial charge in [0.05, 0.1) is 6.61 Å². The zero-order valence-electron chi connectivity index (χ0n) is 19.9. The molecular formula is C27H42O6. The van der Waals surface area contributed by atoms with Gasteiger partial charge in [-0.3, -0.25) is 0 Å². The van der Waals surface area contributed by atoms with Gasteiger partial charge in [-0.15, -0.1) is 0 Å². The lowest BCUT2D eigenvalue weighted by atomic mass is 9.99. The highest BCUT2D eigenvalue weighted by atomic mass is 16.7. The van der Waals surface area contributed by atoms with Gasteiger partial charge >= 0.3 is 0 Å². The molecule has 6 heteroatoms. The first-order chi connectivity index (χ1) is 16.1. The van der Waals surface area contributed by atoms with Crippen LogP contribution in [0.25, 0.3) is 0 Å². The molecule has 186 valence electrons. The first kappa shape index (κ1) is 27.5. The summed E-state index contributed by atoms with van der Waals surface area (Å²) < 4.78 is 11.1. The molecule has 1 aliphatic rings. The van der Waals surface area contributed by atoms with Crippen LogP contribution in [-0.4, -0.2) is 57.7 Å². The van der Waals surface area contributed by atoms with Crippen molar-refractivity contribution in [2.24, 2.45) is 0 Å². The number of aryl methyl sites for hydroxylation is 1. The van der Waals surface area contributed by atoms with Crippen molar-refractivity contribution >= 4 is 0 Å². The predicted octanol–water partition coefficient (Wildman–Crippen LogP) is 4.05. The van der Waals surface area contributed by atoms with Crippen molar-refractivity contribution in [1.29, 1.82) is 0 Å². The maximum absolute atomic E-state index is 10.1. The lowest BCUT2D eigenvalue weighted by Crippen LogP contribution is -2.60. The van der Waals surface area contributed by atoms with Crippen LogP contribution in [0.4, 0.5) is 0 Å². The number of hydrogen-bond acceptors (Lipinski definition) is 6. The molecule has 2 unspecified atom stereocenters. The molecule has 0 bridgehead atoms.